The molecule has 3 N–H and O–H groups in total. The number of aliphatic imine (C=N–C) groups is 1. The van der Waals surface area contributed by atoms with Crippen LogP contribution in [0.25, 0.3) is 0 Å². The van der Waals surface area contributed by atoms with Gasteiger partial charge in [-0.25, -0.2) is 9.98 Å². The number of aliphatic hydroxyl groups excluding tert-OH is 1. The average molecular weight is 564 g/mol. The Labute approximate surface area is 229 Å². The van der Waals surface area contributed by atoms with Crippen LogP contribution in [0.1, 0.15) is 44.4 Å². The van der Waals surface area contributed by atoms with Gasteiger partial charge in [-0.3, -0.25) is 24.3 Å². The molecule has 4 rings (SSSR count). The summed E-state index contributed by atoms with van der Waals surface area (Å²) in [6.07, 6.45) is -2.86. The Morgan fingerprint density at radius 3 is 2.46 bits per heavy atom. The predicted molar refractivity (Wildman–Crippen MR) is 138 cm³/mol. The van der Waals surface area contributed by atoms with Crippen LogP contribution in [0.4, 0.5) is 5.82 Å². The molecule has 2 aliphatic heterocycles. The molecule has 1 aromatic carbocycles. The van der Waals surface area contributed by atoms with Gasteiger partial charge in [0, 0.05) is 26.8 Å². The van der Waals surface area contributed by atoms with Gasteiger partial charge in [0.05, 0.1) is 12.9 Å². The molecule has 3 heterocycles. The fourth-order valence-electron chi connectivity index (χ4n) is 4.53. The van der Waals surface area contributed by atoms with Crippen molar-refractivity contribution in [2.24, 2.45) is 4.99 Å². The Bertz CT molecular complexity index is 1220. The first kappa shape index (κ1) is 28.5. The summed E-state index contributed by atoms with van der Waals surface area (Å²) in [5.41, 5.74) is 1.47. The zero-order chi connectivity index (χ0) is 28.1. The molecule has 39 heavy (non-hydrogen) atoms. The maximum absolute atomic E-state index is 12.0. The first-order valence-corrected chi connectivity index (χ1v) is 12.6. The number of benzene rings is 1. The fourth-order valence-corrected chi connectivity index (χ4v) is 4.72. The van der Waals surface area contributed by atoms with Crippen LogP contribution in [-0.4, -0.2) is 75.4 Å². The van der Waals surface area contributed by atoms with E-state index in [2.05, 4.69) is 20.6 Å². The lowest BCUT2D eigenvalue weighted by Crippen LogP contribution is -2.41. The first-order chi connectivity index (χ1) is 18.7. The lowest BCUT2D eigenvalue weighted by molar-refractivity contribution is -0.166. The molecular weight excluding hydrogens is 534 g/mol. The number of nitrogens with zero attached hydrogens (tertiary/aromatic N) is 3. The smallest absolute Gasteiger partial charge is 0.303 e. The van der Waals surface area contributed by atoms with Crippen LogP contribution in [0.3, 0.4) is 0 Å². The van der Waals surface area contributed by atoms with Gasteiger partial charge in [0.25, 0.3) is 0 Å². The number of ether oxygens (including phenoxy) is 4. The maximum Gasteiger partial charge on any atom is 0.303 e. The van der Waals surface area contributed by atoms with E-state index >= 15 is 0 Å². The molecule has 0 unspecified atom stereocenters. The summed E-state index contributed by atoms with van der Waals surface area (Å²) in [6, 6.07) is 9.31. The van der Waals surface area contributed by atoms with Crippen LogP contribution in [0.5, 0.6) is 0 Å². The Kier molecular flexibility index (Phi) is 9.17. The number of aliphatic hydroxyl groups is 1. The molecule has 6 atom stereocenters. The number of amidine groups is 1. The van der Waals surface area contributed by atoms with E-state index < -0.39 is 48.6 Å². The summed E-state index contributed by atoms with van der Waals surface area (Å²) in [5.74, 6) is -1.43. The minimum atomic E-state index is -1.10. The molecule has 0 amide bonds. The van der Waals surface area contributed by atoms with Gasteiger partial charge in [-0.15, -0.1) is 0 Å². The SMILES string of the molecule is CC(=O)OC[C@H]1O[C@@H](n2cnc3c2NC(Cl)=N[C@@H]3N[C@H](CO)Cc2ccccc2)[C@H](OC(C)=O)[C@@H]1OC(C)=O. The Hall–Kier alpha value is -3.52. The lowest BCUT2D eigenvalue weighted by atomic mass is 10.1. The number of halogens is 1. The number of imidazole rings is 1. The van der Waals surface area contributed by atoms with Crippen LogP contribution >= 0.6 is 11.6 Å². The maximum atomic E-state index is 12.0. The third-order valence-electron chi connectivity index (χ3n) is 6.10. The molecule has 0 bridgehead atoms. The molecule has 2 aliphatic rings. The van der Waals surface area contributed by atoms with E-state index in [-0.39, 0.29) is 24.6 Å². The van der Waals surface area contributed by atoms with Gasteiger partial charge in [-0.1, -0.05) is 30.3 Å². The van der Waals surface area contributed by atoms with Gasteiger partial charge < -0.3 is 29.4 Å². The van der Waals surface area contributed by atoms with Crippen molar-refractivity contribution in [2.45, 2.75) is 63.9 Å². The molecule has 0 aliphatic carbocycles. The molecule has 1 saturated heterocycles. The summed E-state index contributed by atoms with van der Waals surface area (Å²) in [5, 5.41) is 16.3. The van der Waals surface area contributed by atoms with E-state index in [9.17, 15) is 19.5 Å². The largest absolute Gasteiger partial charge is 0.463 e. The van der Waals surface area contributed by atoms with Gasteiger partial charge >= 0.3 is 17.9 Å². The monoisotopic (exact) mass is 563 g/mol. The van der Waals surface area contributed by atoms with Crippen molar-refractivity contribution in [3.8, 4) is 0 Å². The normalized spacial score (nSPS) is 24.6. The van der Waals surface area contributed by atoms with E-state index in [1.54, 1.807) is 4.57 Å². The summed E-state index contributed by atoms with van der Waals surface area (Å²) in [4.78, 5) is 44.2. The third-order valence-corrected chi connectivity index (χ3v) is 6.29. The van der Waals surface area contributed by atoms with Crippen molar-refractivity contribution in [3.05, 3.63) is 47.9 Å². The Morgan fingerprint density at radius 1 is 1.13 bits per heavy atom. The van der Waals surface area contributed by atoms with Gasteiger partial charge in [-0.05, 0) is 23.6 Å². The molecule has 1 aromatic heterocycles. The van der Waals surface area contributed by atoms with Crippen molar-refractivity contribution >= 4 is 40.6 Å². The Balaban J connectivity index is 1.62. The first-order valence-electron chi connectivity index (χ1n) is 12.3. The average Bonchev–Trinajstić information content (AvgIpc) is 3.43. The lowest BCUT2D eigenvalue weighted by Gasteiger charge is -2.27. The van der Waals surface area contributed by atoms with Gasteiger partial charge in [-0.2, -0.15) is 0 Å². The molecule has 14 heteroatoms. The molecule has 0 saturated carbocycles. The second-order valence-corrected chi connectivity index (χ2v) is 9.44. The minimum absolute atomic E-state index is 0.0492. The number of hydrogen-bond donors (Lipinski definition) is 3. The van der Waals surface area contributed by atoms with E-state index in [0.717, 1.165) is 5.56 Å². The zero-order valence-electron chi connectivity index (χ0n) is 21.6. The summed E-state index contributed by atoms with van der Waals surface area (Å²) >= 11 is 6.34. The predicted octanol–water partition coefficient (Wildman–Crippen LogP) is 1.42. The molecule has 2 aromatic rings. The topological polar surface area (TPSA) is 163 Å². The fraction of sp³-hybridized carbons (Fsp3) is 0.480. The number of nitrogens with one attached hydrogen (secondary N) is 2. The summed E-state index contributed by atoms with van der Waals surface area (Å²) in [7, 11) is 0. The van der Waals surface area contributed by atoms with Gasteiger partial charge in [0.1, 0.15) is 30.4 Å². The highest BCUT2D eigenvalue weighted by atomic mass is 35.5. The zero-order valence-corrected chi connectivity index (χ0v) is 22.3. The van der Waals surface area contributed by atoms with E-state index in [4.69, 9.17) is 30.5 Å². The molecular formula is C25H30ClN5O8. The van der Waals surface area contributed by atoms with Crippen LogP contribution in [0.15, 0.2) is 41.7 Å². The molecule has 1 fully saturated rings. The number of carbonyl (C=O) groups excluding carboxylic acids is 3. The Morgan fingerprint density at radius 2 is 1.82 bits per heavy atom. The number of anilines is 1. The molecule has 13 nitrogen and oxygen atoms in total. The number of hydrogen-bond acceptors (Lipinski definition) is 12. The quantitative estimate of drug-likeness (QED) is 0.218. The minimum Gasteiger partial charge on any atom is -0.463 e. The van der Waals surface area contributed by atoms with Gasteiger partial charge in [0.2, 0.25) is 0 Å². The van der Waals surface area contributed by atoms with Gasteiger partial charge in [0.15, 0.2) is 23.7 Å². The van der Waals surface area contributed by atoms with E-state index in [1.165, 1.54) is 27.1 Å². The number of carbonyl (C=O) groups is 3. The van der Waals surface area contributed by atoms with Crippen LogP contribution in [0.2, 0.25) is 0 Å². The van der Waals surface area contributed by atoms with E-state index in [0.29, 0.717) is 17.9 Å². The molecule has 0 radical (unpaired) electrons. The van der Waals surface area contributed by atoms with Crippen molar-refractivity contribution in [1.29, 1.82) is 0 Å². The van der Waals surface area contributed by atoms with Crippen molar-refractivity contribution in [3.63, 3.8) is 0 Å². The molecule has 210 valence electrons. The number of aromatic nitrogens is 2. The molecule has 0 spiro atoms. The van der Waals surface area contributed by atoms with Crippen LogP contribution in [-0.2, 0) is 39.8 Å². The van der Waals surface area contributed by atoms with E-state index in [1.807, 2.05) is 30.3 Å². The van der Waals surface area contributed by atoms with Crippen molar-refractivity contribution < 1.29 is 38.4 Å². The van der Waals surface area contributed by atoms with Crippen LogP contribution < -0.4 is 10.6 Å². The van der Waals surface area contributed by atoms with Crippen molar-refractivity contribution in [1.82, 2.24) is 14.9 Å². The number of rotatable bonds is 10. The summed E-state index contributed by atoms with van der Waals surface area (Å²) < 4.78 is 23.7. The number of esters is 3. The summed E-state index contributed by atoms with van der Waals surface area (Å²) in [6.45, 7) is 3.26. The number of fused-ring (bicyclic) bond motifs is 1. The highest BCUT2D eigenvalue weighted by Gasteiger charge is 2.51. The second-order valence-electron chi connectivity index (χ2n) is 9.08. The highest BCUT2D eigenvalue weighted by molar-refractivity contribution is 6.67. The highest BCUT2D eigenvalue weighted by Crippen LogP contribution is 2.39. The second kappa shape index (κ2) is 12.6. The van der Waals surface area contributed by atoms with Crippen molar-refractivity contribution in [2.75, 3.05) is 18.5 Å². The van der Waals surface area contributed by atoms with Crippen LogP contribution in [0, 0.1) is 0 Å². The third kappa shape index (κ3) is 6.92. The standard InChI is InChI=1S/C25H30ClN5O8/c1-13(33)36-11-18-20(37-14(2)34)21(38-15(3)35)24(39-18)31-12-27-19-22(29-25(26)30-23(19)31)28-17(10-32)9-16-7-5-4-6-8-16/h4-8,12,17-18,20-22,24,28,32H,9-11H2,1-3H3,(H,29,30)/t17-,18+,20+,21+,22-,24+/m0/s1.